The number of nitrogens with one attached hydrogen (secondary N) is 1. The van der Waals surface area contributed by atoms with E-state index in [2.05, 4.69) is 25.3 Å². The van der Waals surface area contributed by atoms with E-state index in [4.69, 9.17) is 19.9 Å². The SMILES string of the molecule is COc1cc(Nc2ncnc(-c3cccnc3N)n2)cc(OC)c1OC. The van der Waals surface area contributed by atoms with Gasteiger partial charge < -0.3 is 25.3 Å². The van der Waals surface area contributed by atoms with Gasteiger partial charge in [0.05, 0.1) is 26.9 Å². The summed E-state index contributed by atoms with van der Waals surface area (Å²) in [6.07, 6.45) is 3.00. The highest BCUT2D eigenvalue weighted by Crippen LogP contribution is 2.40. The highest BCUT2D eigenvalue weighted by atomic mass is 16.5. The maximum absolute atomic E-state index is 5.88. The van der Waals surface area contributed by atoms with Crippen LogP contribution in [0.5, 0.6) is 17.2 Å². The molecule has 9 heteroatoms. The van der Waals surface area contributed by atoms with E-state index in [0.29, 0.717) is 46.1 Å². The van der Waals surface area contributed by atoms with Crippen molar-refractivity contribution in [2.24, 2.45) is 0 Å². The Morgan fingerprint density at radius 1 is 0.962 bits per heavy atom. The summed E-state index contributed by atoms with van der Waals surface area (Å²) >= 11 is 0. The van der Waals surface area contributed by atoms with Crippen LogP contribution in [-0.2, 0) is 0 Å². The number of benzene rings is 1. The number of nitrogen functional groups attached to an aromatic ring is 1. The molecule has 0 atom stereocenters. The molecule has 0 aliphatic heterocycles. The van der Waals surface area contributed by atoms with Gasteiger partial charge in [0.15, 0.2) is 17.3 Å². The molecule has 9 nitrogen and oxygen atoms in total. The van der Waals surface area contributed by atoms with E-state index in [-0.39, 0.29) is 0 Å². The molecular formula is C17H18N6O3. The summed E-state index contributed by atoms with van der Waals surface area (Å²) in [5.74, 6) is 2.63. The fourth-order valence-electron chi connectivity index (χ4n) is 2.38. The molecule has 0 saturated heterocycles. The lowest BCUT2D eigenvalue weighted by atomic mass is 10.2. The van der Waals surface area contributed by atoms with E-state index in [0.717, 1.165) is 0 Å². The zero-order valence-corrected chi connectivity index (χ0v) is 14.6. The van der Waals surface area contributed by atoms with Gasteiger partial charge in [0, 0.05) is 24.0 Å². The Morgan fingerprint density at radius 2 is 1.69 bits per heavy atom. The van der Waals surface area contributed by atoms with Crippen LogP contribution in [0, 0.1) is 0 Å². The third-order valence-electron chi connectivity index (χ3n) is 3.57. The number of hydrogen-bond acceptors (Lipinski definition) is 9. The van der Waals surface area contributed by atoms with Crippen LogP contribution in [0.4, 0.5) is 17.5 Å². The highest BCUT2D eigenvalue weighted by molar-refractivity contribution is 5.69. The average molecular weight is 354 g/mol. The zero-order chi connectivity index (χ0) is 18.5. The van der Waals surface area contributed by atoms with E-state index < -0.39 is 0 Å². The number of ether oxygens (including phenoxy) is 3. The standard InChI is InChI=1S/C17H18N6O3/c1-24-12-7-10(8-13(25-2)14(12)26-3)22-17-21-9-20-16(23-17)11-5-4-6-19-15(11)18/h4-9H,1-3H3,(H2,18,19)(H,20,21,22,23). The molecule has 0 aliphatic carbocycles. The first-order valence-corrected chi connectivity index (χ1v) is 7.63. The Labute approximate surface area is 150 Å². The molecule has 0 fully saturated rings. The number of hydrogen-bond donors (Lipinski definition) is 2. The van der Waals surface area contributed by atoms with Crippen molar-refractivity contribution in [1.82, 2.24) is 19.9 Å². The lowest BCUT2D eigenvalue weighted by Crippen LogP contribution is -2.03. The van der Waals surface area contributed by atoms with Gasteiger partial charge in [0.25, 0.3) is 0 Å². The first kappa shape index (κ1) is 17.2. The van der Waals surface area contributed by atoms with Gasteiger partial charge in [0.2, 0.25) is 11.7 Å². The molecule has 3 N–H and O–H groups in total. The zero-order valence-electron chi connectivity index (χ0n) is 14.6. The molecule has 26 heavy (non-hydrogen) atoms. The molecular weight excluding hydrogens is 336 g/mol. The van der Waals surface area contributed by atoms with Gasteiger partial charge in [0.1, 0.15) is 12.1 Å². The van der Waals surface area contributed by atoms with E-state index in [1.807, 2.05) is 0 Å². The van der Waals surface area contributed by atoms with Gasteiger partial charge in [-0.2, -0.15) is 4.98 Å². The van der Waals surface area contributed by atoms with Gasteiger partial charge in [-0.25, -0.2) is 15.0 Å². The maximum atomic E-state index is 5.88. The Morgan fingerprint density at radius 3 is 2.31 bits per heavy atom. The minimum atomic E-state index is 0.340. The third kappa shape index (κ3) is 3.41. The van der Waals surface area contributed by atoms with Gasteiger partial charge in [-0.05, 0) is 12.1 Å². The largest absolute Gasteiger partial charge is 0.493 e. The first-order chi connectivity index (χ1) is 12.7. The van der Waals surface area contributed by atoms with E-state index in [1.165, 1.54) is 6.33 Å². The quantitative estimate of drug-likeness (QED) is 0.687. The lowest BCUT2D eigenvalue weighted by Gasteiger charge is -2.14. The van der Waals surface area contributed by atoms with E-state index in [1.54, 1.807) is 51.8 Å². The van der Waals surface area contributed by atoms with Crippen molar-refractivity contribution in [3.8, 4) is 28.6 Å². The average Bonchev–Trinajstić information content (AvgIpc) is 2.67. The van der Waals surface area contributed by atoms with Crippen molar-refractivity contribution in [3.05, 3.63) is 36.8 Å². The van der Waals surface area contributed by atoms with Crippen molar-refractivity contribution in [2.75, 3.05) is 32.4 Å². The topological polar surface area (TPSA) is 117 Å². The predicted octanol–water partition coefficient (Wildman–Crippen LogP) is 2.29. The van der Waals surface area contributed by atoms with Crippen LogP contribution in [0.1, 0.15) is 0 Å². The monoisotopic (exact) mass is 354 g/mol. The van der Waals surface area contributed by atoms with Crippen LogP contribution < -0.4 is 25.3 Å². The molecule has 0 saturated carbocycles. The van der Waals surface area contributed by atoms with Gasteiger partial charge in [-0.1, -0.05) is 0 Å². The molecule has 2 heterocycles. The van der Waals surface area contributed by atoms with Gasteiger partial charge >= 0.3 is 0 Å². The van der Waals surface area contributed by atoms with Gasteiger partial charge in [-0.3, -0.25) is 0 Å². The number of nitrogens with zero attached hydrogens (tertiary/aromatic N) is 4. The molecule has 0 amide bonds. The summed E-state index contributed by atoms with van der Waals surface area (Å²) in [5, 5.41) is 3.10. The number of rotatable bonds is 6. The summed E-state index contributed by atoms with van der Waals surface area (Å²) in [6, 6.07) is 7.06. The van der Waals surface area contributed by atoms with Gasteiger partial charge in [-0.15, -0.1) is 0 Å². The molecule has 0 unspecified atom stereocenters. The van der Waals surface area contributed by atoms with E-state index in [9.17, 15) is 0 Å². The minimum absolute atomic E-state index is 0.340. The van der Waals surface area contributed by atoms with Crippen LogP contribution in [0.2, 0.25) is 0 Å². The van der Waals surface area contributed by atoms with Crippen molar-refractivity contribution in [2.45, 2.75) is 0 Å². The van der Waals surface area contributed by atoms with E-state index >= 15 is 0 Å². The lowest BCUT2D eigenvalue weighted by molar-refractivity contribution is 0.324. The second-order valence-electron chi connectivity index (χ2n) is 5.11. The van der Waals surface area contributed by atoms with Crippen LogP contribution in [0.15, 0.2) is 36.8 Å². The van der Waals surface area contributed by atoms with Crippen molar-refractivity contribution in [1.29, 1.82) is 0 Å². The van der Waals surface area contributed by atoms with Crippen molar-refractivity contribution in [3.63, 3.8) is 0 Å². The third-order valence-corrected chi connectivity index (χ3v) is 3.57. The summed E-state index contributed by atoms with van der Waals surface area (Å²) < 4.78 is 16.0. The molecule has 3 rings (SSSR count). The van der Waals surface area contributed by atoms with Crippen LogP contribution in [0.3, 0.4) is 0 Å². The second kappa shape index (κ2) is 7.51. The summed E-state index contributed by atoms with van der Waals surface area (Å²) in [6.45, 7) is 0. The Bertz CT molecular complexity index is 894. The predicted molar refractivity (Wildman–Crippen MR) is 96.9 cm³/mol. The minimum Gasteiger partial charge on any atom is -0.493 e. The van der Waals surface area contributed by atoms with Crippen molar-refractivity contribution < 1.29 is 14.2 Å². The van der Waals surface area contributed by atoms with Crippen molar-refractivity contribution >= 4 is 17.5 Å². The van der Waals surface area contributed by atoms with Crippen LogP contribution in [0.25, 0.3) is 11.4 Å². The fraction of sp³-hybridized carbons (Fsp3) is 0.176. The molecule has 0 aliphatic rings. The van der Waals surface area contributed by atoms with Crippen LogP contribution >= 0.6 is 0 Å². The molecule has 134 valence electrons. The molecule has 0 spiro atoms. The summed E-state index contributed by atoms with van der Waals surface area (Å²) in [7, 11) is 4.64. The molecule has 2 aromatic heterocycles. The number of pyridine rings is 1. The Kier molecular flexibility index (Phi) is 4.97. The fourth-order valence-corrected chi connectivity index (χ4v) is 2.38. The number of aromatic nitrogens is 4. The van der Waals surface area contributed by atoms with Crippen LogP contribution in [-0.4, -0.2) is 41.3 Å². The molecule has 0 radical (unpaired) electrons. The Hall–Kier alpha value is -3.62. The number of nitrogens with two attached hydrogens (primary N) is 1. The number of methoxy groups -OCH3 is 3. The molecule has 3 aromatic rings. The highest BCUT2D eigenvalue weighted by Gasteiger charge is 2.14. The smallest absolute Gasteiger partial charge is 0.230 e. The Balaban J connectivity index is 1.95. The maximum Gasteiger partial charge on any atom is 0.230 e. The number of anilines is 3. The summed E-state index contributed by atoms with van der Waals surface area (Å²) in [4.78, 5) is 16.7. The molecule has 0 bridgehead atoms. The molecule has 1 aromatic carbocycles. The second-order valence-corrected chi connectivity index (χ2v) is 5.11. The summed E-state index contributed by atoms with van der Waals surface area (Å²) in [5.41, 5.74) is 7.17. The normalized spacial score (nSPS) is 10.3. The first-order valence-electron chi connectivity index (χ1n) is 7.63.